The minimum atomic E-state index is -0.285. The highest BCUT2D eigenvalue weighted by molar-refractivity contribution is 8.01. The Balaban J connectivity index is 1.57. The molecule has 1 amide bonds. The molecule has 0 bridgehead atoms. The third kappa shape index (κ3) is 3.80. The summed E-state index contributed by atoms with van der Waals surface area (Å²) in [5.74, 6) is 0.141. The number of carbonyl (C=O) groups excluding carboxylic acids is 1. The summed E-state index contributed by atoms with van der Waals surface area (Å²) in [7, 11) is 0. The molecule has 3 aromatic rings. The van der Waals surface area contributed by atoms with Crippen molar-refractivity contribution < 1.29 is 4.79 Å². The maximum atomic E-state index is 11.9. The van der Waals surface area contributed by atoms with Gasteiger partial charge in [0.25, 0.3) is 5.56 Å². The van der Waals surface area contributed by atoms with E-state index in [9.17, 15) is 9.59 Å². The molecule has 24 heavy (non-hydrogen) atoms. The third-order valence-corrected chi connectivity index (χ3v) is 5.30. The van der Waals surface area contributed by atoms with Crippen LogP contribution in [0.1, 0.15) is 16.8 Å². The SMILES string of the molecule is Cc1ccc(CNC(=O)CSc2nn3c(=O)c(C)nnc3s2)cc1. The lowest BCUT2D eigenvalue weighted by atomic mass is 10.1. The summed E-state index contributed by atoms with van der Waals surface area (Å²) in [5, 5.41) is 14.8. The van der Waals surface area contributed by atoms with Gasteiger partial charge in [0.1, 0.15) is 5.69 Å². The number of thioether (sulfide) groups is 1. The molecule has 1 aromatic carbocycles. The highest BCUT2D eigenvalue weighted by Crippen LogP contribution is 2.22. The first-order valence-corrected chi connectivity index (χ1v) is 9.01. The van der Waals surface area contributed by atoms with E-state index in [2.05, 4.69) is 20.6 Å². The van der Waals surface area contributed by atoms with Crippen LogP contribution in [0.2, 0.25) is 0 Å². The molecule has 0 unspecified atom stereocenters. The van der Waals surface area contributed by atoms with E-state index in [1.165, 1.54) is 33.2 Å². The normalized spacial score (nSPS) is 10.9. The molecule has 124 valence electrons. The van der Waals surface area contributed by atoms with Crippen molar-refractivity contribution in [1.29, 1.82) is 0 Å². The molecule has 3 rings (SSSR count). The van der Waals surface area contributed by atoms with Crippen molar-refractivity contribution in [2.24, 2.45) is 0 Å². The minimum Gasteiger partial charge on any atom is -0.351 e. The molecule has 7 nitrogen and oxygen atoms in total. The lowest BCUT2D eigenvalue weighted by Crippen LogP contribution is -2.24. The van der Waals surface area contributed by atoms with E-state index in [4.69, 9.17) is 0 Å². The molecule has 0 aliphatic carbocycles. The van der Waals surface area contributed by atoms with Gasteiger partial charge < -0.3 is 5.32 Å². The van der Waals surface area contributed by atoms with Crippen LogP contribution in [0.5, 0.6) is 0 Å². The molecule has 0 fully saturated rings. The number of rotatable bonds is 5. The number of hydrogen-bond donors (Lipinski definition) is 1. The van der Waals surface area contributed by atoms with Crippen molar-refractivity contribution in [3.05, 3.63) is 51.4 Å². The largest absolute Gasteiger partial charge is 0.351 e. The van der Waals surface area contributed by atoms with Crippen LogP contribution in [0.15, 0.2) is 33.4 Å². The second-order valence-electron chi connectivity index (χ2n) is 5.20. The first-order valence-electron chi connectivity index (χ1n) is 7.21. The third-order valence-electron chi connectivity index (χ3n) is 3.27. The number of hydrogen-bond acceptors (Lipinski definition) is 7. The number of aryl methyl sites for hydroxylation is 2. The summed E-state index contributed by atoms with van der Waals surface area (Å²) in [5.41, 5.74) is 2.25. The molecule has 0 atom stereocenters. The number of aromatic nitrogens is 4. The Morgan fingerprint density at radius 1 is 1.25 bits per heavy atom. The van der Waals surface area contributed by atoms with Gasteiger partial charge in [-0.05, 0) is 19.4 Å². The Hall–Kier alpha value is -2.26. The van der Waals surface area contributed by atoms with Crippen molar-refractivity contribution in [2.45, 2.75) is 24.7 Å². The quantitative estimate of drug-likeness (QED) is 0.694. The van der Waals surface area contributed by atoms with Gasteiger partial charge in [0.05, 0.1) is 5.75 Å². The van der Waals surface area contributed by atoms with Gasteiger partial charge in [0.15, 0.2) is 4.34 Å². The zero-order valence-electron chi connectivity index (χ0n) is 13.1. The van der Waals surface area contributed by atoms with Gasteiger partial charge in [-0.15, -0.1) is 15.3 Å². The van der Waals surface area contributed by atoms with Crippen LogP contribution >= 0.6 is 23.1 Å². The summed E-state index contributed by atoms with van der Waals surface area (Å²) >= 11 is 2.51. The molecular weight excluding hydrogens is 346 g/mol. The fraction of sp³-hybridized carbons (Fsp3) is 0.267. The van der Waals surface area contributed by atoms with Crippen molar-refractivity contribution in [1.82, 2.24) is 25.1 Å². The summed E-state index contributed by atoms with van der Waals surface area (Å²) in [6, 6.07) is 8.00. The molecule has 0 saturated carbocycles. The van der Waals surface area contributed by atoms with Crippen LogP contribution in [-0.4, -0.2) is 31.5 Å². The van der Waals surface area contributed by atoms with Crippen molar-refractivity contribution in [3.63, 3.8) is 0 Å². The fourth-order valence-electron chi connectivity index (χ4n) is 1.92. The van der Waals surface area contributed by atoms with Crippen LogP contribution < -0.4 is 10.9 Å². The predicted molar refractivity (Wildman–Crippen MR) is 93.4 cm³/mol. The molecule has 9 heteroatoms. The predicted octanol–water partition coefficient (Wildman–Crippen LogP) is 1.57. The topological polar surface area (TPSA) is 89.3 Å². The second kappa shape index (κ2) is 7.10. The Kier molecular flexibility index (Phi) is 4.91. The molecule has 2 aromatic heterocycles. The highest BCUT2D eigenvalue weighted by atomic mass is 32.2. The van der Waals surface area contributed by atoms with Crippen molar-refractivity contribution in [3.8, 4) is 0 Å². The first-order chi connectivity index (χ1) is 11.5. The molecule has 2 heterocycles. The van der Waals surface area contributed by atoms with Gasteiger partial charge in [-0.3, -0.25) is 9.59 Å². The average Bonchev–Trinajstić information content (AvgIpc) is 3.00. The molecular formula is C15H15N5O2S2. The van der Waals surface area contributed by atoms with Crippen LogP contribution in [0, 0.1) is 13.8 Å². The van der Waals surface area contributed by atoms with E-state index in [1.54, 1.807) is 6.92 Å². The number of carbonyl (C=O) groups is 1. The molecule has 0 radical (unpaired) electrons. The van der Waals surface area contributed by atoms with Crippen LogP contribution in [0.25, 0.3) is 4.96 Å². The Morgan fingerprint density at radius 2 is 2.00 bits per heavy atom. The van der Waals surface area contributed by atoms with Gasteiger partial charge in [-0.2, -0.15) is 4.52 Å². The lowest BCUT2D eigenvalue weighted by molar-refractivity contribution is -0.118. The monoisotopic (exact) mass is 361 g/mol. The van der Waals surface area contributed by atoms with Gasteiger partial charge in [0, 0.05) is 6.54 Å². The van der Waals surface area contributed by atoms with Gasteiger partial charge in [0.2, 0.25) is 10.9 Å². The number of amides is 1. The van der Waals surface area contributed by atoms with Crippen molar-refractivity contribution in [2.75, 3.05) is 5.75 Å². The Bertz CT molecular complexity index is 933. The molecule has 0 aliphatic rings. The fourth-order valence-corrected chi connectivity index (χ4v) is 3.62. The molecule has 0 aliphatic heterocycles. The molecule has 1 N–H and O–H groups in total. The first kappa shape index (κ1) is 16.6. The van der Waals surface area contributed by atoms with E-state index in [-0.39, 0.29) is 17.2 Å². The number of fused-ring (bicyclic) bond motifs is 1. The van der Waals surface area contributed by atoms with Gasteiger partial charge >= 0.3 is 0 Å². The van der Waals surface area contributed by atoms with Crippen molar-refractivity contribution >= 4 is 34.0 Å². The highest BCUT2D eigenvalue weighted by Gasteiger charge is 2.11. The minimum absolute atomic E-state index is 0.0885. The Morgan fingerprint density at radius 3 is 2.75 bits per heavy atom. The van der Waals surface area contributed by atoms with E-state index in [0.717, 1.165) is 5.56 Å². The zero-order chi connectivity index (χ0) is 17.1. The van der Waals surface area contributed by atoms with E-state index in [0.29, 0.717) is 21.5 Å². The number of benzene rings is 1. The van der Waals surface area contributed by atoms with E-state index < -0.39 is 0 Å². The maximum absolute atomic E-state index is 11.9. The molecule has 0 saturated heterocycles. The smallest absolute Gasteiger partial charge is 0.296 e. The van der Waals surface area contributed by atoms with E-state index in [1.807, 2.05) is 31.2 Å². The van der Waals surface area contributed by atoms with Gasteiger partial charge in [-0.25, -0.2) is 0 Å². The van der Waals surface area contributed by atoms with Crippen LogP contribution in [0.4, 0.5) is 0 Å². The second-order valence-corrected chi connectivity index (χ2v) is 7.38. The summed E-state index contributed by atoms with van der Waals surface area (Å²) in [6.07, 6.45) is 0. The van der Waals surface area contributed by atoms with Gasteiger partial charge in [-0.1, -0.05) is 52.9 Å². The summed E-state index contributed by atoms with van der Waals surface area (Å²) in [6.45, 7) is 4.10. The van der Waals surface area contributed by atoms with Crippen LogP contribution in [0.3, 0.4) is 0 Å². The van der Waals surface area contributed by atoms with Crippen LogP contribution in [-0.2, 0) is 11.3 Å². The summed E-state index contributed by atoms with van der Waals surface area (Å²) < 4.78 is 1.83. The lowest BCUT2D eigenvalue weighted by Gasteiger charge is -2.04. The number of nitrogens with one attached hydrogen (secondary N) is 1. The Labute approximate surface area is 146 Å². The standard InChI is InChI=1S/C15H15N5O2S2/c1-9-3-5-11(6-4-9)7-16-12(21)8-23-15-19-20-13(22)10(2)17-18-14(20)24-15/h3-6H,7-8H2,1-2H3,(H,16,21). The molecule has 0 spiro atoms. The zero-order valence-corrected chi connectivity index (χ0v) is 14.8. The maximum Gasteiger partial charge on any atom is 0.296 e. The average molecular weight is 361 g/mol. The van der Waals surface area contributed by atoms with E-state index >= 15 is 0 Å². The summed E-state index contributed by atoms with van der Waals surface area (Å²) in [4.78, 5) is 24.2. The number of nitrogens with zero attached hydrogens (tertiary/aromatic N) is 4.